The highest BCUT2D eigenvalue weighted by molar-refractivity contribution is 5.36. The Labute approximate surface area is 98.9 Å². The highest BCUT2D eigenvalue weighted by Gasteiger charge is 2.05. The first-order valence-corrected chi connectivity index (χ1v) is 5.97. The van der Waals surface area contributed by atoms with Gasteiger partial charge in [-0.3, -0.25) is 0 Å². The summed E-state index contributed by atoms with van der Waals surface area (Å²) in [6.45, 7) is 6.67. The van der Waals surface area contributed by atoms with E-state index in [1.165, 1.54) is 12.0 Å². The quantitative estimate of drug-likeness (QED) is 0.800. The Morgan fingerprint density at radius 3 is 2.88 bits per heavy atom. The molecule has 3 nitrogen and oxygen atoms in total. The van der Waals surface area contributed by atoms with Crippen LogP contribution in [-0.4, -0.2) is 30.5 Å². The van der Waals surface area contributed by atoms with Crippen molar-refractivity contribution in [3.63, 3.8) is 0 Å². The van der Waals surface area contributed by atoms with Crippen molar-refractivity contribution in [1.29, 1.82) is 0 Å². The Morgan fingerprint density at radius 2 is 2.25 bits per heavy atom. The average molecular weight is 221 g/mol. The van der Waals surface area contributed by atoms with Gasteiger partial charge in [0.05, 0.1) is 0 Å². The van der Waals surface area contributed by atoms with Crippen LogP contribution in [0, 0.1) is 5.92 Å². The monoisotopic (exact) mass is 221 g/mol. The molecule has 0 aromatic carbocycles. The lowest BCUT2D eigenvalue weighted by Gasteiger charge is -2.20. The largest absolute Gasteiger partial charge is 0.373 e. The van der Waals surface area contributed by atoms with Crippen LogP contribution in [0.2, 0.25) is 0 Å². The first kappa shape index (κ1) is 13.0. The standard InChI is InChI=1S/C13H23N3/c1-5-11(2)9-16(4)10-12-6-7-15-13(8-12)14-3/h6-8,11H,5,9-10H2,1-4H3,(H,14,15). The van der Waals surface area contributed by atoms with E-state index in [1.54, 1.807) is 0 Å². The summed E-state index contributed by atoms with van der Waals surface area (Å²) in [6, 6.07) is 4.18. The number of aromatic nitrogens is 1. The molecule has 0 aliphatic carbocycles. The molecule has 0 saturated carbocycles. The van der Waals surface area contributed by atoms with Crippen LogP contribution in [0.3, 0.4) is 0 Å². The number of rotatable bonds is 6. The fourth-order valence-electron chi connectivity index (χ4n) is 1.75. The minimum absolute atomic E-state index is 0.760. The molecule has 0 aliphatic rings. The fraction of sp³-hybridized carbons (Fsp3) is 0.615. The maximum absolute atomic E-state index is 4.21. The Kier molecular flexibility index (Phi) is 5.26. The zero-order valence-corrected chi connectivity index (χ0v) is 10.8. The number of anilines is 1. The predicted molar refractivity (Wildman–Crippen MR) is 69.6 cm³/mol. The molecule has 16 heavy (non-hydrogen) atoms. The predicted octanol–water partition coefficient (Wildman–Crippen LogP) is 2.60. The summed E-state index contributed by atoms with van der Waals surface area (Å²) in [4.78, 5) is 6.58. The van der Waals surface area contributed by atoms with Crippen LogP contribution in [-0.2, 0) is 6.54 Å². The highest BCUT2D eigenvalue weighted by Crippen LogP contribution is 2.10. The molecule has 1 heterocycles. The van der Waals surface area contributed by atoms with Crippen LogP contribution >= 0.6 is 0 Å². The molecule has 1 unspecified atom stereocenters. The maximum atomic E-state index is 4.21. The molecule has 0 radical (unpaired) electrons. The van der Waals surface area contributed by atoms with Gasteiger partial charge in [-0.1, -0.05) is 20.3 Å². The van der Waals surface area contributed by atoms with Gasteiger partial charge in [0.1, 0.15) is 5.82 Å². The van der Waals surface area contributed by atoms with Crippen LogP contribution in [0.1, 0.15) is 25.8 Å². The Hall–Kier alpha value is -1.09. The summed E-state index contributed by atoms with van der Waals surface area (Å²) >= 11 is 0. The second kappa shape index (κ2) is 6.48. The van der Waals surface area contributed by atoms with Gasteiger partial charge in [-0.15, -0.1) is 0 Å². The van der Waals surface area contributed by atoms with Crippen molar-refractivity contribution in [3.8, 4) is 0 Å². The summed E-state index contributed by atoms with van der Waals surface area (Å²) in [5, 5.41) is 3.06. The van der Waals surface area contributed by atoms with Crippen molar-refractivity contribution in [3.05, 3.63) is 23.9 Å². The van der Waals surface area contributed by atoms with E-state index in [4.69, 9.17) is 0 Å². The van der Waals surface area contributed by atoms with Gasteiger partial charge in [-0.2, -0.15) is 0 Å². The van der Waals surface area contributed by atoms with Gasteiger partial charge >= 0.3 is 0 Å². The first-order chi connectivity index (χ1) is 7.65. The Bertz CT molecular complexity index is 312. The van der Waals surface area contributed by atoms with Crippen LogP contribution in [0.4, 0.5) is 5.82 Å². The SMILES string of the molecule is CCC(C)CN(C)Cc1ccnc(NC)c1. The number of nitrogens with one attached hydrogen (secondary N) is 1. The zero-order chi connectivity index (χ0) is 12.0. The molecule has 1 aromatic heterocycles. The molecule has 0 saturated heterocycles. The van der Waals surface area contributed by atoms with E-state index in [-0.39, 0.29) is 0 Å². The van der Waals surface area contributed by atoms with Crippen LogP contribution < -0.4 is 5.32 Å². The third-order valence-electron chi connectivity index (χ3n) is 2.85. The van der Waals surface area contributed by atoms with Crippen molar-refractivity contribution < 1.29 is 0 Å². The molecule has 0 spiro atoms. The first-order valence-electron chi connectivity index (χ1n) is 5.97. The van der Waals surface area contributed by atoms with Crippen molar-refractivity contribution in [2.45, 2.75) is 26.8 Å². The van der Waals surface area contributed by atoms with E-state index < -0.39 is 0 Å². The molecule has 3 heteroatoms. The van der Waals surface area contributed by atoms with Gasteiger partial charge in [0.2, 0.25) is 0 Å². The summed E-state index contributed by atoms with van der Waals surface area (Å²) in [6.07, 6.45) is 3.10. The second-order valence-corrected chi connectivity index (χ2v) is 4.51. The average Bonchev–Trinajstić information content (AvgIpc) is 2.28. The number of hydrogen-bond donors (Lipinski definition) is 1. The van der Waals surface area contributed by atoms with Gasteiger partial charge in [0.25, 0.3) is 0 Å². The fourth-order valence-corrected chi connectivity index (χ4v) is 1.75. The molecule has 1 rings (SSSR count). The maximum Gasteiger partial charge on any atom is 0.125 e. The Morgan fingerprint density at radius 1 is 1.50 bits per heavy atom. The molecular weight excluding hydrogens is 198 g/mol. The molecule has 0 bridgehead atoms. The van der Waals surface area contributed by atoms with Gasteiger partial charge in [-0.05, 0) is 30.7 Å². The molecule has 1 N–H and O–H groups in total. The zero-order valence-electron chi connectivity index (χ0n) is 10.8. The van der Waals surface area contributed by atoms with Crippen molar-refractivity contribution in [2.75, 3.05) is 26.0 Å². The normalized spacial score (nSPS) is 12.8. The molecule has 0 fully saturated rings. The minimum atomic E-state index is 0.760. The number of hydrogen-bond acceptors (Lipinski definition) is 3. The van der Waals surface area contributed by atoms with E-state index in [0.717, 1.165) is 24.8 Å². The van der Waals surface area contributed by atoms with Gasteiger partial charge in [0, 0.05) is 26.3 Å². The van der Waals surface area contributed by atoms with Gasteiger partial charge in [-0.25, -0.2) is 4.98 Å². The van der Waals surface area contributed by atoms with Crippen molar-refractivity contribution >= 4 is 5.82 Å². The van der Waals surface area contributed by atoms with E-state index in [9.17, 15) is 0 Å². The minimum Gasteiger partial charge on any atom is -0.373 e. The summed E-state index contributed by atoms with van der Waals surface area (Å²) in [5.41, 5.74) is 1.31. The van der Waals surface area contributed by atoms with Crippen LogP contribution in [0.25, 0.3) is 0 Å². The summed E-state index contributed by atoms with van der Waals surface area (Å²) in [5.74, 6) is 1.70. The van der Waals surface area contributed by atoms with Crippen LogP contribution in [0.15, 0.2) is 18.3 Å². The topological polar surface area (TPSA) is 28.2 Å². The third kappa shape index (κ3) is 4.19. The summed E-state index contributed by atoms with van der Waals surface area (Å²) < 4.78 is 0. The van der Waals surface area contributed by atoms with E-state index in [0.29, 0.717) is 0 Å². The lowest BCUT2D eigenvalue weighted by Crippen LogP contribution is -2.23. The number of nitrogens with zero attached hydrogens (tertiary/aromatic N) is 2. The molecule has 0 amide bonds. The lowest BCUT2D eigenvalue weighted by atomic mass is 10.1. The molecule has 1 aromatic rings. The van der Waals surface area contributed by atoms with Crippen LogP contribution in [0.5, 0.6) is 0 Å². The van der Waals surface area contributed by atoms with Gasteiger partial charge in [0.15, 0.2) is 0 Å². The molecular formula is C13H23N3. The second-order valence-electron chi connectivity index (χ2n) is 4.51. The van der Waals surface area contributed by atoms with E-state index in [2.05, 4.69) is 48.2 Å². The lowest BCUT2D eigenvalue weighted by molar-refractivity contribution is 0.275. The molecule has 1 atom stereocenters. The third-order valence-corrected chi connectivity index (χ3v) is 2.85. The highest BCUT2D eigenvalue weighted by atomic mass is 15.1. The van der Waals surface area contributed by atoms with Crippen molar-refractivity contribution in [1.82, 2.24) is 9.88 Å². The molecule has 0 aliphatic heterocycles. The summed E-state index contributed by atoms with van der Waals surface area (Å²) in [7, 11) is 4.07. The molecule has 90 valence electrons. The van der Waals surface area contributed by atoms with E-state index in [1.807, 2.05) is 13.2 Å². The van der Waals surface area contributed by atoms with Gasteiger partial charge < -0.3 is 10.2 Å². The van der Waals surface area contributed by atoms with E-state index >= 15 is 0 Å². The van der Waals surface area contributed by atoms with Crippen molar-refractivity contribution in [2.24, 2.45) is 5.92 Å². The smallest absolute Gasteiger partial charge is 0.125 e. The number of pyridine rings is 1. The Balaban J connectivity index is 2.51.